The van der Waals surface area contributed by atoms with Gasteiger partial charge < -0.3 is 14.9 Å². The molecule has 0 aliphatic heterocycles. The molecule has 0 fully saturated rings. The highest BCUT2D eigenvalue weighted by molar-refractivity contribution is 5.83. The molecule has 0 spiro atoms. The number of para-hydroxylation sites is 1. The van der Waals surface area contributed by atoms with Gasteiger partial charge in [-0.15, -0.1) is 0 Å². The van der Waals surface area contributed by atoms with Gasteiger partial charge in [-0.1, -0.05) is 18.2 Å². The second kappa shape index (κ2) is 7.34. The van der Waals surface area contributed by atoms with Gasteiger partial charge in [-0.25, -0.2) is 4.79 Å². The molecule has 0 saturated heterocycles. The summed E-state index contributed by atoms with van der Waals surface area (Å²) >= 11 is 0. The summed E-state index contributed by atoms with van der Waals surface area (Å²) in [6.45, 7) is 7.05. The molecule has 0 aliphatic carbocycles. The van der Waals surface area contributed by atoms with Crippen LogP contribution in [0.2, 0.25) is 0 Å². The quantitative estimate of drug-likeness (QED) is 0.610. The monoisotopic (exact) mass is 224 g/mol. The average molecular weight is 224 g/mol. The molecule has 4 nitrogen and oxygen atoms in total. The first-order valence-corrected chi connectivity index (χ1v) is 4.78. The molecule has 88 valence electrons. The zero-order chi connectivity index (χ0) is 12.6. The summed E-state index contributed by atoms with van der Waals surface area (Å²) in [7, 11) is 0. The number of ether oxygens (including phenoxy) is 1. The van der Waals surface area contributed by atoms with Crippen LogP contribution >= 0.6 is 0 Å². The summed E-state index contributed by atoms with van der Waals surface area (Å²) < 4.78 is 4.51. The van der Waals surface area contributed by atoms with Gasteiger partial charge in [0.1, 0.15) is 5.75 Å². The third kappa shape index (κ3) is 5.70. The standard InChI is InChI=1S/C7H8O.C5H8O3/c1-6-4-2-3-5-7(6)8;1-3-8-4(2)5(6)7/h2-5,8H,1H3;2-3H2,1H3,(H,6,7). The van der Waals surface area contributed by atoms with E-state index < -0.39 is 5.97 Å². The maximum Gasteiger partial charge on any atom is 0.370 e. The minimum absolute atomic E-state index is 0.201. The number of aliphatic carboxylic acids is 1. The predicted octanol–water partition coefficient (Wildman–Crippen LogP) is 2.32. The van der Waals surface area contributed by atoms with Crippen LogP contribution in [-0.2, 0) is 9.53 Å². The smallest absolute Gasteiger partial charge is 0.370 e. The molecule has 1 aromatic carbocycles. The number of rotatable bonds is 3. The Morgan fingerprint density at radius 2 is 2.00 bits per heavy atom. The number of phenolic OH excluding ortho intramolecular Hbond substituents is 1. The lowest BCUT2D eigenvalue weighted by Gasteiger charge is -1.97. The van der Waals surface area contributed by atoms with Crippen molar-refractivity contribution in [1.82, 2.24) is 0 Å². The highest BCUT2D eigenvalue weighted by Gasteiger charge is 2.00. The van der Waals surface area contributed by atoms with E-state index in [9.17, 15) is 4.79 Å². The molecule has 0 radical (unpaired) electrons. The van der Waals surface area contributed by atoms with Crippen molar-refractivity contribution in [2.45, 2.75) is 13.8 Å². The van der Waals surface area contributed by atoms with Crippen molar-refractivity contribution in [3.63, 3.8) is 0 Å². The van der Waals surface area contributed by atoms with Gasteiger partial charge >= 0.3 is 5.97 Å². The largest absolute Gasteiger partial charge is 0.508 e. The average Bonchev–Trinajstić information content (AvgIpc) is 2.24. The SMILES string of the molecule is C=C(OCC)C(=O)O.Cc1ccccc1O. The number of carbonyl (C=O) groups is 1. The first-order valence-electron chi connectivity index (χ1n) is 4.78. The number of carboxylic acids is 1. The Hall–Kier alpha value is -1.97. The normalized spacial score (nSPS) is 8.62. The molecule has 1 aromatic rings. The summed E-state index contributed by atoms with van der Waals surface area (Å²) in [5.41, 5.74) is 0.924. The lowest BCUT2D eigenvalue weighted by molar-refractivity contribution is -0.136. The zero-order valence-electron chi connectivity index (χ0n) is 9.43. The van der Waals surface area contributed by atoms with Crippen molar-refractivity contribution in [1.29, 1.82) is 0 Å². The number of aromatic hydroxyl groups is 1. The maximum atomic E-state index is 9.86. The highest BCUT2D eigenvalue weighted by atomic mass is 16.5. The molecule has 16 heavy (non-hydrogen) atoms. The lowest BCUT2D eigenvalue weighted by atomic mass is 10.2. The van der Waals surface area contributed by atoms with Gasteiger partial charge in [0.2, 0.25) is 0 Å². The molecule has 0 aromatic heterocycles. The van der Waals surface area contributed by atoms with Crippen molar-refractivity contribution in [2.75, 3.05) is 6.61 Å². The van der Waals surface area contributed by atoms with Crippen LogP contribution in [-0.4, -0.2) is 22.8 Å². The van der Waals surface area contributed by atoms with E-state index in [1.807, 2.05) is 25.1 Å². The molecular weight excluding hydrogens is 208 g/mol. The summed E-state index contributed by atoms with van der Waals surface area (Å²) in [5.74, 6) is -0.938. The molecule has 1 rings (SSSR count). The number of hydrogen-bond acceptors (Lipinski definition) is 3. The van der Waals surface area contributed by atoms with Gasteiger partial charge in [-0.3, -0.25) is 0 Å². The van der Waals surface area contributed by atoms with E-state index in [4.69, 9.17) is 10.2 Å². The first kappa shape index (κ1) is 14.0. The van der Waals surface area contributed by atoms with E-state index in [1.165, 1.54) is 0 Å². The van der Waals surface area contributed by atoms with Crippen LogP contribution in [0.3, 0.4) is 0 Å². The minimum Gasteiger partial charge on any atom is -0.508 e. The molecule has 0 saturated carbocycles. The van der Waals surface area contributed by atoms with E-state index in [2.05, 4.69) is 11.3 Å². The predicted molar refractivity (Wildman–Crippen MR) is 61.2 cm³/mol. The molecule has 0 bridgehead atoms. The highest BCUT2D eigenvalue weighted by Crippen LogP contribution is 2.12. The fourth-order valence-electron chi connectivity index (χ4n) is 0.799. The van der Waals surface area contributed by atoms with Crippen LogP contribution in [0.15, 0.2) is 36.6 Å². The Labute approximate surface area is 94.8 Å². The molecular formula is C12H16O4. The molecule has 0 unspecified atom stereocenters. The van der Waals surface area contributed by atoms with Crippen LogP contribution in [0, 0.1) is 6.92 Å². The molecule has 0 heterocycles. The van der Waals surface area contributed by atoms with E-state index in [0.717, 1.165) is 5.56 Å². The Balaban J connectivity index is 0.000000281. The summed E-state index contributed by atoms with van der Waals surface area (Å²) in [6.07, 6.45) is 0. The fourth-order valence-corrected chi connectivity index (χ4v) is 0.799. The second-order valence-corrected chi connectivity index (χ2v) is 2.95. The van der Waals surface area contributed by atoms with Crippen LogP contribution in [0.4, 0.5) is 0 Å². The molecule has 2 N–H and O–H groups in total. The number of phenols is 1. The van der Waals surface area contributed by atoms with Gasteiger partial charge in [0, 0.05) is 0 Å². The topological polar surface area (TPSA) is 66.8 Å². The summed E-state index contributed by atoms with van der Waals surface area (Å²) in [5, 5.41) is 17.0. The van der Waals surface area contributed by atoms with Crippen LogP contribution in [0.25, 0.3) is 0 Å². The van der Waals surface area contributed by atoms with E-state index >= 15 is 0 Å². The van der Waals surface area contributed by atoms with Crippen molar-refractivity contribution in [3.8, 4) is 5.75 Å². The van der Waals surface area contributed by atoms with E-state index in [1.54, 1.807) is 13.0 Å². The third-order valence-electron chi connectivity index (χ3n) is 1.67. The second-order valence-electron chi connectivity index (χ2n) is 2.95. The molecule has 0 amide bonds. The molecule has 0 atom stereocenters. The Bertz CT molecular complexity index is 337. The van der Waals surface area contributed by atoms with Gasteiger partial charge in [-0.05, 0) is 32.1 Å². The first-order chi connectivity index (χ1) is 7.49. The van der Waals surface area contributed by atoms with Crippen LogP contribution < -0.4 is 0 Å². The Morgan fingerprint density at radius 3 is 2.25 bits per heavy atom. The van der Waals surface area contributed by atoms with Crippen molar-refractivity contribution in [3.05, 3.63) is 42.2 Å². The minimum atomic E-state index is -1.10. The van der Waals surface area contributed by atoms with Crippen LogP contribution in [0.1, 0.15) is 12.5 Å². The Kier molecular flexibility index (Phi) is 6.43. The van der Waals surface area contributed by atoms with Crippen molar-refractivity contribution in [2.24, 2.45) is 0 Å². The summed E-state index contributed by atoms with van der Waals surface area (Å²) in [6, 6.07) is 7.25. The van der Waals surface area contributed by atoms with Gasteiger partial charge in [0.05, 0.1) is 6.61 Å². The van der Waals surface area contributed by atoms with Crippen molar-refractivity contribution < 1.29 is 19.7 Å². The van der Waals surface area contributed by atoms with Gasteiger partial charge in [0.15, 0.2) is 5.76 Å². The van der Waals surface area contributed by atoms with E-state index in [-0.39, 0.29) is 5.76 Å². The van der Waals surface area contributed by atoms with Crippen LogP contribution in [0.5, 0.6) is 5.75 Å². The fraction of sp³-hybridized carbons (Fsp3) is 0.250. The number of carboxylic acid groups (broad SMARTS) is 1. The number of aryl methyl sites for hydroxylation is 1. The number of hydrogen-bond donors (Lipinski definition) is 2. The molecule has 4 heteroatoms. The third-order valence-corrected chi connectivity index (χ3v) is 1.67. The Morgan fingerprint density at radius 1 is 1.44 bits per heavy atom. The van der Waals surface area contributed by atoms with Crippen molar-refractivity contribution >= 4 is 5.97 Å². The van der Waals surface area contributed by atoms with Gasteiger partial charge in [0.25, 0.3) is 0 Å². The summed E-state index contributed by atoms with van der Waals surface area (Å²) in [4.78, 5) is 9.86. The number of benzene rings is 1. The zero-order valence-corrected chi connectivity index (χ0v) is 9.43. The van der Waals surface area contributed by atoms with E-state index in [0.29, 0.717) is 12.4 Å². The maximum absolute atomic E-state index is 9.86. The van der Waals surface area contributed by atoms with Gasteiger partial charge in [-0.2, -0.15) is 0 Å². The lowest BCUT2D eigenvalue weighted by Crippen LogP contribution is -2.02. The molecule has 0 aliphatic rings.